The van der Waals surface area contributed by atoms with Gasteiger partial charge in [-0.2, -0.15) is 16.8 Å². The summed E-state index contributed by atoms with van der Waals surface area (Å²) in [6, 6.07) is 0. The van der Waals surface area contributed by atoms with Gasteiger partial charge in [0, 0.05) is 11.8 Å². The Morgan fingerprint density at radius 3 is 1.86 bits per heavy atom. The van der Waals surface area contributed by atoms with Crippen LogP contribution in [0.2, 0.25) is 0 Å². The summed E-state index contributed by atoms with van der Waals surface area (Å²) in [4.78, 5) is 0. The third-order valence-electron chi connectivity index (χ3n) is 2.80. The first kappa shape index (κ1) is 28.1. The fourth-order valence-electron chi connectivity index (χ4n) is 1.71. The van der Waals surface area contributed by atoms with Crippen molar-refractivity contribution >= 4 is 45.4 Å². The van der Waals surface area contributed by atoms with Crippen molar-refractivity contribution in [2.45, 2.75) is 26.1 Å². The fraction of sp³-hybridized carbons (Fsp3) is 1.00. The average Bonchev–Trinajstić information content (AvgIpc) is 2.57. The molecular formula is C8H18O16S4. The summed E-state index contributed by atoms with van der Waals surface area (Å²) < 4.78 is 88.1. The van der Waals surface area contributed by atoms with Gasteiger partial charge in [-0.1, -0.05) is 23.9 Å². The van der Waals surface area contributed by atoms with E-state index in [0.717, 1.165) is 0 Å². The summed E-state index contributed by atoms with van der Waals surface area (Å²) in [5.41, 5.74) is 0. The maximum Gasteiger partial charge on any atom is 0.397 e. The standard InChI is InChI=1S/C8H18O16S4/c1-5(3-17-25-23-21-9)7(19-26-24-22-10)8(20-28(14,15)16)6(2)4-18-27(11,12)13/h5-10H,3-4H2,1-2H3,(H,11,12,13)(H,14,15,16). The molecule has 0 radical (unpaired) electrons. The smallest absolute Gasteiger partial charge is 0.289 e. The lowest BCUT2D eigenvalue weighted by molar-refractivity contribution is -0.434. The molecule has 0 aliphatic heterocycles. The number of hydrogen-bond donors (Lipinski definition) is 4. The zero-order valence-corrected chi connectivity index (χ0v) is 17.3. The Morgan fingerprint density at radius 2 is 1.36 bits per heavy atom. The van der Waals surface area contributed by atoms with Crippen LogP contribution in [0.3, 0.4) is 0 Å². The lowest BCUT2D eigenvalue weighted by atomic mass is 9.93. The zero-order valence-electron chi connectivity index (χ0n) is 14.0. The van der Waals surface area contributed by atoms with Gasteiger partial charge in [-0.3, -0.25) is 17.5 Å². The van der Waals surface area contributed by atoms with Crippen molar-refractivity contribution in [3.05, 3.63) is 0 Å². The van der Waals surface area contributed by atoms with Crippen molar-refractivity contribution in [1.29, 1.82) is 0 Å². The van der Waals surface area contributed by atoms with Gasteiger partial charge in [-0.05, 0) is 0 Å². The molecule has 0 aromatic heterocycles. The molecule has 0 saturated heterocycles. The Morgan fingerprint density at radius 1 is 0.821 bits per heavy atom. The predicted octanol–water partition coefficient (Wildman–Crippen LogP) is 0.637. The van der Waals surface area contributed by atoms with Crippen LogP contribution in [0.5, 0.6) is 0 Å². The lowest BCUT2D eigenvalue weighted by Crippen LogP contribution is -2.44. The maximum absolute atomic E-state index is 11.2. The van der Waals surface area contributed by atoms with Gasteiger partial charge in [-0.15, -0.1) is 8.67 Å². The Kier molecular flexibility index (Phi) is 14.2. The predicted molar refractivity (Wildman–Crippen MR) is 87.9 cm³/mol. The van der Waals surface area contributed by atoms with Gasteiger partial charge in [0.25, 0.3) is 0 Å². The van der Waals surface area contributed by atoms with E-state index in [0.29, 0.717) is 0 Å². The fourth-order valence-corrected chi connectivity index (χ4v) is 3.46. The van der Waals surface area contributed by atoms with Gasteiger partial charge in [0.2, 0.25) is 0 Å². The van der Waals surface area contributed by atoms with Crippen molar-refractivity contribution < 1.29 is 71.9 Å². The lowest BCUT2D eigenvalue weighted by Gasteiger charge is -2.32. The highest BCUT2D eigenvalue weighted by molar-refractivity contribution is 7.90. The molecule has 4 unspecified atom stereocenters. The van der Waals surface area contributed by atoms with E-state index in [2.05, 4.69) is 27.1 Å². The minimum absolute atomic E-state index is 0.0333. The van der Waals surface area contributed by atoms with Crippen LogP contribution in [0.25, 0.3) is 0 Å². The molecule has 16 nitrogen and oxygen atoms in total. The second-order valence-corrected chi connectivity index (χ2v) is 8.03. The van der Waals surface area contributed by atoms with Crippen molar-refractivity contribution in [3.63, 3.8) is 0 Å². The Balaban J connectivity index is 5.39. The van der Waals surface area contributed by atoms with Crippen molar-refractivity contribution in [2.24, 2.45) is 11.8 Å². The summed E-state index contributed by atoms with van der Waals surface area (Å²) in [5, 5.41) is 22.7. The van der Waals surface area contributed by atoms with E-state index >= 15 is 0 Å². The first-order valence-electron chi connectivity index (χ1n) is 6.75. The average molecular weight is 498 g/mol. The minimum Gasteiger partial charge on any atom is -0.289 e. The summed E-state index contributed by atoms with van der Waals surface area (Å²) in [5.74, 6) is -1.93. The molecule has 0 saturated carbocycles. The summed E-state index contributed by atoms with van der Waals surface area (Å²) in [7, 11) is -9.92. The Bertz CT molecular complexity index is 608. The van der Waals surface area contributed by atoms with Crippen LogP contribution >= 0.6 is 24.6 Å². The molecule has 170 valence electrons. The molecule has 4 N–H and O–H groups in total. The SMILES string of the molecule is CC(COSOOO)C(OSOOO)C(OS(=O)(=O)O)C(C)COS(=O)(=O)O. The zero-order chi connectivity index (χ0) is 21.8. The molecule has 0 fully saturated rings. The molecule has 0 aromatic rings. The highest BCUT2D eigenvalue weighted by Gasteiger charge is 2.38. The first-order valence-corrected chi connectivity index (χ1v) is 10.8. The van der Waals surface area contributed by atoms with E-state index < -0.39 is 51.4 Å². The van der Waals surface area contributed by atoms with Crippen LogP contribution in [0.15, 0.2) is 0 Å². The minimum atomic E-state index is -5.06. The second-order valence-electron chi connectivity index (χ2n) is 4.92. The third kappa shape index (κ3) is 14.2. The van der Waals surface area contributed by atoms with Gasteiger partial charge in [0.05, 0.1) is 13.2 Å². The van der Waals surface area contributed by atoms with Crippen LogP contribution in [0, 0.1) is 11.8 Å². The number of hydrogen-bond acceptors (Lipinski definition) is 16. The first-order chi connectivity index (χ1) is 12.9. The molecule has 0 heterocycles. The van der Waals surface area contributed by atoms with Gasteiger partial charge in [0.1, 0.15) is 12.2 Å². The summed E-state index contributed by atoms with van der Waals surface area (Å²) >= 11 is 0.232. The van der Waals surface area contributed by atoms with E-state index in [1.54, 1.807) is 0 Å². The Labute approximate surface area is 168 Å². The Hall–Kier alpha value is 0.120. The van der Waals surface area contributed by atoms with Crippen LogP contribution in [0.1, 0.15) is 13.8 Å². The molecule has 20 heteroatoms. The molecule has 28 heavy (non-hydrogen) atoms. The molecular weight excluding hydrogens is 480 g/mol. The van der Waals surface area contributed by atoms with Crippen molar-refractivity contribution in [3.8, 4) is 0 Å². The van der Waals surface area contributed by atoms with Gasteiger partial charge in [-0.25, -0.2) is 18.9 Å². The summed E-state index contributed by atoms with van der Waals surface area (Å²) in [6.45, 7) is 1.64. The van der Waals surface area contributed by atoms with E-state index in [1.165, 1.54) is 13.8 Å². The summed E-state index contributed by atoms with van der Waals surface area (Å²) in [6.07, 6.45) is -2.97. The van der Waals surface area contributed by atoms with Crippen molar-refractivity contribution in [1.82, 2.24) is 0 Å². The van der Waals surface area contributed by atoms with E-state index in [1.807, 2.05) is 0 Å². The molecule has 0 aromatic carbocycles. The second kappa shape index (κ2) is 14.2. The quantitative estimate of drug-likeness (QED) is 0.0709. The van der Waals surface area contributed by atoms with Gasteiger partial charge >= 0.3 is 20.8 Å². The normalized spacial score (nSPS) is 17.2. The molecule has 0 aliphatic carbocycles. The number of rotatable bonds is 17. The molecule has 0 amide bonds. The highest BCUT2D eigenvalue weighted by Crippen LogP contribution is 2.28. The highest BCUT2D eigenvalue weighted by atomic mass is 32.3. The van der Waals surface area contributed by atoms with Crippen LogP contribution in [-0.2, 0) is 56.3 Å². The molecule has 0 bridgehead atoms. The molecule has 0 rings (SSSR count). The molecule has 0 spiro atoms. The van der Waals surface area contributed by atoms with Gasteiger partial charge < -0.3 is 0 Å². The third-order valence-corrected chi connectivity index (χ3v) is 4.47. The largest absolute Gasteiger partial charge is 0.397 e. The molecule has 0 aliphatic rings. The van der Waals surface area contributed by atoms with Crippen LogP contribution in [0.4, 0.5) is 0 Å². The van der Waals surface area contributed by atoms with E-state index in [9.17, 15) is 16.8 Å². The molecule has 4 atom stereocenters. The monoisotopic (exact) mass is 498 g/mol. The topological polar surface area (TPSA) is 223 Å². The van der Waals surface area contributed by atoms with E-state index in [4.69, 9.17) is 28.0 Å². The van der Waals surface area contributed by atoms with Gasteiger partial charge in [0.15, 0.2) is 24.6 Å². The maximum atomic E-state index is 11.2. The van der Waals surface area contributed by atoms with Crippen LogP contribution in [-0.4, -0.2) is 61.9 Å². The van der Waals surface area contributed by atoms with Crippen LogP contribution < -0.4 is 0 Å². The van der Waals surface area contributed by atoms with E-state index in [-0.39, 0.29) is 31.3 Å². The van der Waals surface area contributed by atoms with Crippen molar-refractivity contribution in [2.75, 3.05) is 13.2 Å².